The Bertz CT molecular complexity index is 797. The normalized spacial score (nSPS) is 17.3. The fraction of sp³-hybridized carbons (Fsp3) is 0.500. The van der Waals surface area contributed by atoms with Crippen molar-refractivity contribution in [1.82, 2.24) is 20.2 Å². The van der Waals surface area contributed by atoms with Crippen molar-refractivity contribution in [3.63, 3.8) is 0 Å². The van der Waals surface area contributed by atoms with Crippen LogP contribution >= 0.6 is 0 Å². The average Bonchev–Trinajstić information content (AvgIpc) is 3.02. The Kier molecular flexibility index (Phi) is 5.78. The summed E-state index contributed by atoms with van der Waals surface area (Å²) in [6, 6.07) is 7.99. The van der Waals surface area contributed by atoms with E-state index in [4.69, 9.17) is 0 Å². The van der Waals surface area contributed by atoms with E-state index in [1.165, 1.54) is 36.8 Å². The molecule has 0 spiro atoms. The van der Waals surface area contributed by atoms with E-state index in [2.05, 4.69) is 26.3 Å². The lowest BCUT2D eigenvalue weighted by Gasteiger charge is -2.20. The highest BCUT2D eigenvalue weighted by atomic mass is 16.1. The van der Waals surface area contributed by atoms with Gasteiger partial charge in [0.2, 0.25) is 0 Å². The van der Waals surface area contributed by atoms with Gasteiger partial charge in [-0.25, -0.2) is 9.97 Å². The molecule has 0 radical (unpaired) electrons. The first-order valence-electron chi connectivity index (χ1n) is 10.2. The summed E-state index contributed by atoms with van der Waals surface area (Å²) in [4.78, 5) is 24.1. The molecule has 1 aliphatic heterocycles. The number of carbonyl (C=O) groups is 1. The maximum Gasteiger partial charge on any atom is 0.251 e. The molecule has 4 rings (SSSR count). The van der Waals surface area contributed by atoms with E-state index in [9.17, 15) is 4.79 Å². The second-order valence-electron chi connectivity index (χ2n) is 7.69. The van der Waals surface area contributed by atoms with Crippen LogP contribution in [-0.4, -0.2) is 33.9 Å². The van der Waals surface area contributed by atoms with Crippen LogP contribution in [0.2, 0.25) is 0 Å². The van der Waals surface area contributed by atoms with Gasteiger partial charge in [0.1, 0.15) is 5.82 Å². The van der Waals surface area contributed by atoms with Gasteiger partial charge in [-0.2, -0.15) is 0 Å². The van der Waals surface area contributed by atoms with Crippen molar-refractivity contribution in [1.29, 1.82) is 0 Å². The number of carbonyl (C=O) groups excluding carboxylic acids is 1. The Labute approximate surface area is 161 Å². The molecule has 0 saturated carbocycles. The number of nitrogens with one attached hydrogen (secondary N) is 1. The van der Waals surface area contributed by atoms with Crippen LogP contribution in [0, 0.1) is 0 Å². The number of hydrogen-bond acceptors (Lipinski definition) is 4. The van der Waals surface area contributed by atoms with Gasteiger partial charge < -0.3 is 5.32 Å². The van der Waals surface area contributed by atoms with Gasteiger partial charge in [0.25, 0.3) is 5.91 Å². The van der Waals surface area contributed by atoms with Crippen LogP contribution in [0.5, 0.6) is 0 Å². The summed E-state index contributed by atoms with van der Waals surface area (Å²) in [6.45, 7) is 3.62. The van der Waals surface area contributed by atoms with E-state index in [1.807, 2.05) is 24.4 Å². The van der Waals surface area contributed by atoms with E-state index in [0.29, 0.717) is 17.9 Å². The molecule has 2 aromatic rings. The number of nitrogens with zero attached hydrogens (tertiary/aromatic N) is 3. The van der Waals surface area contributed by atoms with Crippen molar-refractivity contribution in [3.05, 3.63) is 58.7 Å². The molecule has 1 aromatic carbocycles. The highest BCUT2D eigenvalue weighted by molar-refractivity contribution is 5.94. The molecule has 1 aromatic heterocycles. The van der Waals surface area contributed by atoms with Gasteiger partial charge in [-0.1, -0.05) is 25.0 Å². The van der Waals surface area contributed by atoms with Gasteiger partial charge in [0.15, 0.2) is 0 Å². The molecular weight excluding hydrogens is 336 g/mol. The Balaban J connectivity index is 1.35. The number of rotatable bonds is 5. The number of fused-ring (bicyclic) bond motifs is 1. The van der Waals surface area contributed by atoms with Crippen molar-refractivity contribution < 1.29 is 4.79 Å². The SMILES string of the molecule is O=C(NCc1ncc2c(n1)CCC2)c1cccc(CN2CCCCCC2)c1. The summed E-state index contributed by atoms with van der Waals surface area (Å²) in [5.74, 6) is 0.640. The summed E-state index contributed by atoms with van der Waals surface area (Å²) >= 11 is 0. The third kappa shape index (κ3) is 4.72. The minimum absolute atomic E-state index is 0.0585. The molecule has 0 bridgehead atoms. The summed E-state index contributed by atoms with van der Waals surface area (Å²) in [6.07, 6.45) is 10.4. The van der Waals surface area contributed by atoms with Crippen molar-refractivity contribution in [2.45, 2.75) is 58.0 Å². The average molecular weight is 364 g/mol. The highest BCUT2D eigenvalue weighted by Gasteiger charge is 2.15. The maximum atomic E-state index is 12.6. The third-order valence-electron chi connectivity index (χ3n) is 5.56. The van der Waals surface area contributed by atoms with Crippen LogP contribution in [-0.2, 0) is 25.9 Å². The Morgan fingerprint density at radius 3 is 2.78 bits per heavy atom. The molecule has 1 fully saturated rings. The number of amides is 1. The van der Waals surface area contributed by atoms with Crippen LogP contribution in [0.25, 0.3) is 0 Å². The molecule has 5 heteroatoms. The molecule has 1 aliphatic carbocycles. The molecule has 27 heavy (non-hydrogen) atoms. The number of hydrogen-bond donors (Lipinski definition) is 1. The van der Waals surface area contributed by atoms with Crippen molar-refractivity contribution >= 4 is 5.91 Å². The van der Waals surface area contributed by atoms with Crippen molar-refractivity contribution in [3.8, 4) is 0 Å². The van der Waals surface area contributed by atoms with Gasteiger partial charge in [0, 0.05) is 24.0 Å². The fourth-order valence-corrected chi connectivity index (χ4v) is 4.06. The molecular formula is C22H28N4O. The standard InChI is InChI=1S/C22H28N4O/c27-22(24-15-21-23-14-19-9-6-10-20(19)25-21)18-8-5-7-17(13-18)16-26-11-3-1-2-4-12-26/h5,7-8,13-14H,1-4,6,9-12,15-16H2,(H,24,27). The minimum Gasteiger partial charge on any atom is -0.345 e. The molecule has 2 aliphatic rings. The lowest BCUT2D eigenvalue weighted by atomic mass is 10.1. The van der Waals surface area contributed by atoms with Crippen LogP contribution in [0.4, 0.5) is 0 Å². The number of aromatic nitrogens is 2. The Morgan fingerprint density at radius 2 is 1.93 bits per heavy atom. The predicted octanol–water partition coefficient (Wildman–Crippen LogP) is 3.27. The summed E-state index contributed by atoms with van der Waals surface area (Å²) in [5, 5.41) is 2.97. The van der Waals surface area contributed by atoms with Crippen LogP contribution in [0.15, 0.2) is 30.5 Å². The third-order valence-corrected chi connectivity index (χ3v) is 5.56. The summed E-state index contributed by atoms with van der Waals surface area (Å²) in [5.41, 5.74) is 4.32. The first-order chi connectivity index (χ1) is 13.3. The summed E-state index contributed by atoms with van der Waals surface area (Å²) in [7, 11) is 0. The topological polar surface area (TPSA) is 58.1 Å². The van der Waals surface area contributed by atoms with E-state index in [0.717, 1.165) is 44.6 Å². The summed E-state index contributed by atoms with van der Waals surface area (Å²) < 4.78 is 0. The van der Waals surface area contributed by atoms with Crippen molar-refractivity contribution in [2.75, 3.05) is 13.1 Å². The largest absolute Gasteiger partial charge is 0.345 e. The van der Waals surface area contributed by atoms with Crippen LogP contribution < -0.4 is 5.32 Å². The van der Waals surface area contributed by atoms with Gasteiger partial charge in [-0.3, -0.25) is 9.69 Å². The van der Waals surface area contributed by atoms with E-state index in [1.54, 1.807) is 0 Å². The smallest absolute Gasteiger partial charge is 0.251 e. The fourth-order valence-electron chi connectivity index (χ4n) is 4.06. The zero-order chi connectivity index (χ0) is 18.5. The maximum absolute atomic E-state index is 12.6. The second kappa shape index (κ2) is 8.61. The predicted molar refractivity (Wildman–Crippen MR) is 105 cm³/mol. The van der Waals surface area contributed by atoms with E-state index >= 15 is 0 Å². The Morgan fingerprint density at radius 1 is 1.07 bits per heavy atom. The number of likely N-dealkylation sites (tertiary alicyclic amines) is 1. The molecule has 1 N–H and O–H groups in total. The lowest BCUT2D eigenvalue weighted by Crippen LogP contribution is -2.25. The van der Waals surface area contributed by atoms with Crippen molar-refractivity contribution in [2.24, 2.45) is 0 Å². The molecule has 2 heterocycles. The highest BCUT2D eigenvalue weighted by Crippen LogP contribution is 2.18. The molecule has 1 amide bonds. The zero-order valence-corrected chi connectivity index (χ0v) is 15.9. The Hall–Kier alpha value is -2.27. The second-order valence-corrected chi connectivity index (χ2v) is 7.69. The van der Waals surface area contributed by atoms with Crippen LogP contribution in [0.1, 0.15) is 65.1 Å². The molecule has 142 valence electrons. The molecule has 5 nitrogen and oxygen atoms in total. The molecule has 1 saturated heterocycles. The van der Waals surface area contributed by atoms with Gasteiger partial charge in [0.05, 0.1) is 6.54 Å². The quantitative estimate of drug-likeness (QED) is 0.885. The first kappa shape index (κ1) is 18.1. The monoisotopic (exact) mass is 364 g/mol. The minimum atomic E-state index is -0.0585. The van der Waals surface area contributed by atoms with E-state index < -0.39 is 0 Å². The van der Waals surface area contributed by atoms with Gasteiger partial charge >= 0.3 is 0 Å². The molecule has 0 atom stereocenters. The van der Waals surface area contributed by atoms with Gasteiger partial charge in [-0.15, -0.1) is 0 Å². The number of aryl methyl sites for hydroxylation is 2. The van der Waals surface area contributed by atoms with Crippen LogP contribution in [0.3, 0.4) is 0 Å². The first-order valence-corrected chi connectivity index (χ1v) is 10.2. The molecule has 0 unspecified atom stereocenters. The zero-order valence-electron chi connectivity index (χ0n) is 15.9. The lowest BCUT2D eigenvalue weighted by molar-refractivity contribution is 0.0949. The number of benzene rings is 1. The van der Waals surface area contributed by atoms with Gasteiger partial charge in [-0.05, 0) is 68.5 Å². The van der Waals surface area contributed by atoms with E-state index in [-0.39, 0.29) is 5.91 Å².